The highest BCUT2D eigenvalue weighted by molar-refractivity contribution is 5.94. The topological polar surface area (TPSA) is 31.8 Å². The van der Waals surface area contributed by atoms with E-state index in [1.807, 2.05) is 12.3 Å². The van der Waals surface area contributed by atoms with Gasteiger partial charge in [0.2, 0.25) is 0 Å². The van der Waals surface area contributed by atoms with Crippen LogP contribution in [0.1, 0.15) is 44.9 Å². The first-order chi connectivity index (χ1) is 15.3. The summed E-state index contributed by atoms with van der Waals surface area (Å²) in [7, 11) is 1.77. The van der Waals surface area contributed by atoms with Gasteiger partial charge in [0.25, 0.3) is 0 Å². The van der Waals surface area contributed by atoms with Gasteiger partial charge < -0.3 is 19.4 Å². The molecule has 3 fully saturated rings. The molecule has 0 bridgehead atoms. The van der Waals surface area contributed by atoms with Gasteiger partial charge in [-0.25, -0.2) is 0 Å². The number of aromatic nitrogens is 1. The zero-order valence-electron chi connectivity index (χ0n) is 19.1. The van der Waals surface area contributed by atoms with Gasteiger partial charge in [-0.05, 0) is 75.9 Å². The van der Waals surface area contributed by atoms with Crippen molar-refractivity contribution in [3.05, 3.63) is 30.5 Å². The SMILES string of the molecule is COc1ccc2cccnc2c1N1CCCN(CC2CCN(C3CCCC3)CC2)CC1. The number of fused-ring (bicyclic) bond motifs is 1. The fourth-order valence-corrected chi connectivity index (χ4v) is 6.09. The molecule has 1 aliphatic carbocycles. The van der Waals surface area contributed by atoms with Crippen LogP contribution in [0.5, 0.6) is 5.75 Å². The van der Waals surface area contributed by atoms with E-state index in [-0.39, 0.29) is 0 Å². The zero-order chi connectivity index (χ0) is 21.0. The molecule has 3 aliphatic rings. The molecule has 0 radical (unpaired) electrons. The van der Waals surface area contributed by atoms with Gasteiger partial charge in [-0.2, -0.15) is 0 Å². The molecule has 1 aromatic heterocycles. The first-order valence-corrected chi connectivity index (χ1v) is 12.4. The second-order valence-electron chi connectivity index (χ2n) is 9.75. The summed E-state index contributed by atoms with van der Waals surface area (Å²) in [6.07, 6.45) is 11.7. The fourth-order valence-electron chi connectivity index (χ4n) is 6.09. The summed E-state index contributed by atoms with van der Waals surface area (Å²) in [6.45, 7) is 8.39. The van der Waals surface area contributed by atoms with Crippen molar-refractivity contribution in [2.24, 2.45) is 5.92 Å². The van der Waals surface area contributed by atoms with Crippen molar-refractivity contribution < 1.29 is 4.74 Å². The van der Waals surface area contributed by atoms with Crippen LogP contribution in [0, 0.1) is 5.92 Å². The standard InChI is InChI=1S/C26H38N4O/c1-31-24-10-9-22-6-4-13-27-25(22)26(24)30-15-5-14-28(18-19-30)20-21-11-16-29(17-12-21)23-7-2-3-8-23/h4,6,9-10,13,21,23H,2-3,5,7-8,11-12,14-20H2,1H3. The lowest BCUT2D eigenvalue weighted by atomic mass is 9.94. The highest BCUT2D eigenvalue weighted by Crippen LogP contribution is 2.36. The summed E-state index contributed by atoms with van der Waals surface area (Å²) in [5.74, 6) is 1.82. The van der Waals surface area contributed by atoms with Crippen molar-refractivity contribution in [2.45, 2.75) is 51.0 Å². The first kappa shape index (κ1) is 21.0. The third kappa shape index (κ3) is 4.68. The second kappa shape index (κ2) is 9.74. The van der Waals surface area contributed by atoms with Crippen LogP contribution in [0.15, 0.2) is 30.5 Å². The number of piperidine rings is 1. The second-order valence-corrected chi connectivity index (χ2v) is 9.75. The Kier molecular flexibility index (Phi) is 6.61. The van der Waals surface area contributed by atoms with Crippen molar-refractivity contribution >= 4 is 16.6 Å². The minimum atomic E-state index is 0.873. The quantitative estimate of drug-likeness (QED) is 0.713. The Morgan fingerprint density at radius 3 is 2.55 bits per heavy atom. The Labute approximate surface area is 187 Å². The lowest BCUT2D eigenvalue weighted by Gasteiger charge is -2.37. The van der Waals surface area contributed by atoms with Gasteiger partial charge in [0.1, 0.15) is 11.4 Å². The highest BCUT2D eigenvalue weighted by atomic mass is 16.5. The molecule has 2 aromatic rings. The van der Waals surface area contributed by atoms with Gasteiger partial charge in [0.05, 0.1) is 12.6 Å². The van der Waals surface area contributed by atoms with Crippen molar-refractivity contribution in [2.75, 3.05) is 57.8 Å². The Bertz CT molecular complexity index is 858. The lowest BCUT2D eigenvalue weighted by molar-refractivity contribution is 0.113. The van der Waals surface area contributed by atoms with Gasteiger partial charge in [-0.1, -0.05) is 18.9 Å². The summed E-state index contributed by atoms with van der Waals surface area (Å²) in [5.41, 5.74) is 2.24. The molecule has 31 heavy (non-hydrogen) atoms. The molecule has 2 aliphatic heterocycles. The van der Waals surface area contributed by atoms with E-state index in [9.17, 15) is 0 Å². The summed E-state index contributed by atoms with van der Waals surface area (Å²) in [5, 5.41) is 1.19. The lowest BCUT2D eigenvalue weighted by Crippen LogP contribution is -2.43. The van der Waals surface area contributed by atoms with E-state index in [0.717, 1.165) is 42.9 Å². The smallest absolute Gasteiger partial charge is 0.144 e. The third-order valence-corrected chi connectivity index (χ3v) is 7.84. The molecule has 5 nitrogen and oxygen atoms in total. The zero-order valence-corrected chi connectivity index (χ0v) is 19.1. The molecular formula is C26H38N4O. The molecule has 0 N–H and O–H groups in total. The van der Waals surface area contributed by atoms with Crippen molar-refractivity contribution in [1.29, 1.82) is 0 Å². The first-order valence-electron chi connectivity index (χ1n) is 12.4. The molecule has 3 heterocycles. The van der Waals surface area contributed by atoms with Crippen LogP contribution in [0.2, 0.25) is 0 Å². The van der Waals surface area contributed by atoms with E-state index in [1.165, 1.54) is 82.2 Å². The van der Waals surface area contributed by atoms with Crippen LogP contribution in [0.25, 0.3) is 10.9 Å². The van der Waals surface area contributed by atoms with E-state index < -0.39 is 0 Å². The molecular weight excluding hydrogens is 384 g/mol. The van der Waals surface area contributed by atoms with Crippen LogP contribution in [-0.4, -0.2) is 73.7 Å². The number of ether oxygens (including phenoxy) is 1. The molecule has 2 saturated heterocycles. The van der Waals surface area contributed by atoms with Crippen molar-refractivity contribution in [3.8, 4) is 5.75 Å². The molecule has 0 unspecified atom stereocenters. The molecule has 0 amide bonds. The predicted molar refractivity (Wildman–Crippen MR) is 128 cm³/mol. The Morgan fingerprint density at radius 2 is 1.74 bits per heavy atom. The normalized spacial score (nSPS) is 22.8. The van der Waals surface area contributed by atoms with E-state index >= 15 is 0 Å². The van der Waals surface area contributed by atoms with Gasteiger partial charge in [0, 0.05) is 43.8 Å². The van der Waals surface area contributed by atoms with Crippen LogP contribution in [-0.2, 0) is 0 Å². The Balaban J connectivity index is 1.20. The van der Waals surface area contributed by atoms with E-state index in [0.29, 0.717) is 0 Å². The minimum Gasteiger partial charge on any atom is -0.494 e. The fraction of sp³-hybridized carbons (Fsp3) is 0.654. The largest absolute Gasteiger partial charge is 0.494 e. The van der Waals surface area contributed by atoms with Gasteiger partial charge in [-0.15, -0.1) is 0 Å². The number of nitrogens with zero attached hydrogens (tertiary/aromatic N) is 4. The van der Waals surface area contributed by atoms with Crippen molar-refractivity contribution in [1.82, 2.24) is 14.8 Å². The summed E-state index contributed by atoms with van der Waals surface area (Å²) < 4.78 is 5.75. The summed E-state index contributed by atoms with van der Waals surface area (Å²) in [6, 6.07) is 9.28. The van der Waals surface area contributed by atoms with Gasteiger partial charge >= 0.3 is 0 Å². The van der Waals surface area contributed by atoms with Crippen LogP contribution >= 0.6 is 0 Å². The molecule has 5 rings (SSSR count). The number of rotatable bonds is 5. The average Bonchev–Trinajstić information content (AvgIpc) is 3.26. The van der Waals surface area contributed by atoms with E-state index in [2.05, 4.69) is 32.9 Å². The van der Waals surface area contributed by atoms with Gasteiger partial charge in [0.15, 0.2) is 0 Å². The summed E-state index contributed by atoms with van der Waals surface area (Å²) in [4.78, 5) is 12.7. The van der Waals surface area contributed by atoms with Crippen LogP contribution in [0.3, 0.4) is 0 Å². The third-order valence-electron chi connectivity index (χ3n) is 7.84. The average molecular weight is 423 g/mol. The number of hydrogen-bond donors (Lipinski definition) is 0. The summed E-state index contributed by atoms with van der Waals surface area (Å²) >= 11 is 0. The molecule has 0 spiro atoms. The molecule has 168 valence electrons. The Hall–Kier alpha value is -1.85. The monoisotopic (exact) mass is 422 g/mol. The number of benzene rings is 1. The Morgan fingerprint density at radius 1 is 0.903 bits per heavy atom. The van der Waals surface area contributed by atoms with Gasteiger partial charge in [-0.3, -0.25) is 4.98 Å². The maximum absolute atomic E-state index is 5.75. The molecule has 5 heteroatoms. The molecule has 1 aromatic carbocycles. The molecule has 0 atom stereocenters. The predicted octanol–water partition coefficient (Wildman–Crippen LogP) is 4.41. The van der Waals surface area contributed by atoms with E-state index in [4.69, 9.17) is 9.72 Å². The van der Waals surface area contributed by atoms with Crippen LogP contribution < -0.4 is 9.64 Å². The number of hydrogen-bond acceptors (Lipinski definition) is 5. The number of methoxy groups -OCH3 is 1. The highest BCUT2D eigenvalue weighted by Gasteiger charge is 2.28. The maximum Gasteiger partial charge on any atom is 0.144 e. The minimum absolute atomic E-state index is 0.873. The molecule has 1 saturated carbocycles. The maximum atomic E-state index is 5.75. The number of anilines is 1. The van der Waals surface area contributed by atoms with E-state index in [1.54, 1.807) is 7.11 Å². The van der Waals surface area contributed by atoms with Crippen molar-refractivity contribution in [3.63, 3.8) is 0 Å². The number of pyridine rings is 1. The number of likely N-dealkylation sites (tertiary alicyclic amines) is 1. The van der Waals surface area contributed by atoms with Crippen LogP contribution in [0.4, 0.5) is 5.69 Å².